The van der Waals surface area contributed by atoms with E-state index in [1.165, 1.54) is 31.4 Å². The van der Waals surface area contributed by atoms with Crippen LogP contribution in [0.2, 0.25) is 10.0 Å². The Morgan fingerprint density at radius 1 is 1.00 bits per heavy atom. The van der Waals surface area contributed by atoms with Crippen LogP contribution < -0.4 is 14.8 Å². The molecule has 0 bridgehead atoms. The van der Waals surface area contributed by atoms with Crippen LogP contribution in [0.5, 0.6) is 11.5 Å². The molecule has 0 saturated heterocycles. The number of amides is 1. The van der Waals surface area contributed by atoms with Crippen LogP contribution in [-0.4, -0.2) is 25.3 Å². The molecule has 0 aliphatic heterocycles. The van der Waals surface area contributed by atoms with Gasteiger partial charge in [-0.1, -0.05) is 53.5 Å². The van der Waals surface area contributed by atoms with Crippen LogP contribution in [0.4, 0.5) is 13.2 Å². The Hall–Kier alpha value is -2.61. The lowest BCUT2D eigenvalue weighted by Crippen LogP contribution is -2.30. The molecule has 174 valence electrons. The normalized spacial score (nSPS) is 12.2. The van der Waals surface area contributed by atoms with E-state index in [-0.39, 0.29) is 27.2 Å². The molecule has 0 aliphatic carbocycles. The van der Waals surface area contributed by atoms with Gasteiger partial charge in [-0.3, -0.25) is 4.79 Å². The number of carbonyl (C=O) groups excluding carboxylic acids is 1. The first-order valence-electron chi connectivity index (χ1n) is 9.48. The van der Waals surface area contributed by atoms with Gasteiger partial charge in [-0.15, -0.1) is 24.8 Å². The summed E-state index contributed by atoms with van der Waals surface area (Å²) in [5, 5.41) is 3.21. The molecule has 10 heteroatoms. The summed E-state index contributed by atoms with van der Waals surface area (Å²) in [6, 6.07) is 14.7. The summed E-state index contributed by atoms with van der Waals surface area (Å²) in [6.07, 6.45) is -4.76. The molecule has 0 radical (unpaired) electrons. The quantitative estimate of drug-likeness (QED) is 0.334. The van der Waals surface area contributed by atoms with Crippen molar-refractivity contribution in [1.82, 2.24) is 5.32 Å². The van der Waals surface area contributed by atoms with E-state index in [4.69, 9.17) is 39.5 Å². The average Bonchev–Trinajstić information content (AvgIpc) is 2.76. The van der Waals surface area contributed by atoms with Gasteiger partial charge in [-0.2, -0.15) is 0 Å². The molecule has 1 atom stereocenters. The number of halogens is 6. The highest BCUT2D eigenvalue weighted by Gasteiger charge is 2.31. The number of benzene rings is 3. The van der Waals surface area contributed by atoms with Crippen molar-refractivity contribution in [3.05, 3.63) is 81.8 Å². The highest BCUT2D eigenvalue weighted by Crippen LogP contribution is 2.34. The minimum Gasteiger partial charge on any atom is -0.496 e. The number of methoxy groups -OCH3 is 1. The fourth-order valence-electron chi connectivity index (χ4n) is 3.17. The van der Waals surface area contributed by atoms with Gasteiger partial charge in [0.2, 0.25) is 0 Å². The van der Waals surface area contributed by atoms with E-state index in [0.29, 0.717) is 22.4 Å². The van der Waals surface area contributed by atoms with E-state index in [0.717, 1.165) is 0 Å². The van der Waals surface area contributed by atoms with Crippen molar-refractivity contribution >= 4 is 40.7 Å². The fourth-order valence-corrected chi connectivity index (χ4v) is 3.98. The number of ether oxygens (including phenoxy) is 2. The van der Waals surface area contributed by atoms with Crippen molar-refractivity contribution in [3.8, 4) is 22.6 Å². The Kier molecular flexibility index (Phi) is 8.00. The Bertz CT molecular complexity index is 1120. The molecule has 0 saturated carbocycles. The third-order valence-electron chi connectivity index (χ3n) is 4.68. The lowest BCUT2D eigenvalue weighted by atomic mass is 9.99. The Labute approximate surface area is 203 Å². The van der Waals surface area contributed by atoms with E-state index >= 15 is 0 Å². The average molecular weight is 519 g/mol. The van der Waals surface area contributed by atoms with Gasteiger partial charge in [0.15, 0.2) is 0 Å². The maximum Gasteiger partial charge on any atom is 0.573 e. The first-order valence-corrected chi connectivity index (χ1v) is 10.8. The summed E-state index contributed by atoms with van der Waals surface area (Å²) in [5.41, 5.74) is 2.06. The number of rotatable bonds is 7. The van der Waals surface area contributed by atoms with Crippen molar-refractivity contribution in [2.45, 2.75) is 12.4 Å². The minimum atomic E-state index is -4.76. The minimum absolute atomic E-state index is 0.0347. The predicted octanol–water partition coefficient (Wildman–Crippen LogP) is 7.28. The molecule has 3 aromatic rings. The van der Waals surface area contributed by atoms with Crippen molar-refractivity contribution in [1.29, 1.82) is 0 Å². The van der Waals surface area contributed by atoms with Crippen molar-refractivity contribution in [3.63, 3.8) is 0 Å². The van der Waals surface area contributed by atoms with Crippen LogP contribution in [-0.2, 0) is 0 Å². The van der Waals surface area contributed by atoms with Crippen LogP contribution in [0, 0.1) is 0 Å². The number of alkyl halides is 4. The molecule has 3 aromatic carbocycles. The summed E-state index contributed by atoms with van der Waals surface area (Å²) < 4.78 is 46.5. The first kappa shape index (κ1) is 25.0. The maximum absolute atomic E-state index is 12.8. The molecule has 0 fully saturated rings. The smallest absolute Gasteiger partial charge is 0.496 e. The highest BCUT2D eigenvalue weighted by atomic mass is 35.5. The van der Waals surface area contributed by atoms with Crippen LogP contribution in [0.25, 0.3) is 11.1 Å². The number of hydrogen-bond donors (Lipinski definition) is 1. The molecule has 1 N–H and O–H groups in total. The Balaban J connectivity index is 1.85. The molecule has 1 unspecified atom stereocenters. The van der Waals surface area contributed by atoms with Gasteiger partial charge in [0, 0.05) is 11.4 Å². The van der Waals surface area contributed by atoms with Crippen LogP contribution in [0.3, 0.4) is 0 Å². The van der Waals surface area contributed by atoms with Crippen molar-refractivity contribution in [2.75, 3.05) is 13.0 Å². The zero-order chi connectivity index (χ0) is 24.2. The number of carbonyl (C=O) groups is 1. The van der Waals surface area contributed by atoms with E-state index in [2.05, 4.69) is 10.1 Å². The van der Waals surface area contributed by atoms with Crippen LogP contribution in [0.15, 0.2) is 60.7 Å². The highest BCUT2D eigenvalue weighted by molar-refractivity contribution is 6.39. The summed E-state index contributed by atoms with van der Waals surface area (Å²) in [5.74, 6) is -0.354. The van der Waals surface area contributed by atoms with Gasteiger partial charge in [-0.25, -0.2) is 0 Å². The molecule has 3 rings (SSSR count). The largest absolute Gasteiger partial charge is 0.573 e. The molecule has 0 heterocycles. The second kappa shape index (κ2) is 10.5. The van der Waals surface area contributed by atoms with Crippen molar-refractivity contribution < 1.29 is 27.4 Å². The monoisotopic (exact) mass is 517 g/mol. The van der Waals surface area contributed by atoms with Crippen LogP contribution in [0.1, 0.15) is 22.0 Å². The van der Waals surface area contributed by atoms with Gasteiger partial charge in [-0.05, 0) is 41.5 Å². The first-order chi connectivity index (χ1) is 15.6. The zero-order valence-corrected chi connectivity index (χ0v) is 19.3. The third-order valence-corrected chi connectivity index (χ3v) is 5.62. The second-order valence-electron chi connectivity index (χ2n) is 6.81. The molecule has 0 aromatic heterocycles. The lowest BCUT2D eigenvalue weighted by Gasteiger charge is -2.21. The summed E-state index contributed by atoms with van der Waals surface area (Å²) in [4.78, 5) is 12.8. The number of nitrogens with one attached hydrogen (secondary N) is 1. The topological polar surface area (TPSA) is 47.6 Å². The molecule has 1 amide bonds. The van der Waals surface area contributed by atoms with Crippen LogP contribution >= 0.6 is 34.8 Å². The molecular weight excluding hydrogens is 502 g/mol. The van der Waals surface area contributed by atoms with E-state index in [1.807, 2.05) is 0 Å². The summed E-state index contributed by atoms with van der Waals surface area (Å²) >= 11 is 18.4. The van der Waals surface area contributed by atoms with E-state index < -0.39 is 18.3 Å². The summed E-state index contributed by atoms with van der Waals surface area (Å²) in [7, 11) is 1.46. The van der Waals surface area contributed by atoms with Gasteiger partial charge in [0.05, 0.1) is 28.8 Å². The van der Waals surface area contributed by atoms with Gasteiger partial charge < -0.3 is 14.8 Å². The molecule has 0 aliphatic rings. The Morgan fingerprint density at radius 3 is 2.15 bits per heavy atom. The van der Waals surface area contributed by atoms with Gasteiger partial charge in [0.25, 0.3) is 5.91 Å². The fraction of sp³-hybridized carbons (Fsp3) is 0.174. The lowest BCUT2D eigenvalue weighted by molar-refractivity contribution is -0.274. The van der Waals surface area contributed by atoms with Gasteiger partial charge >= 0.3 is 6.36 Å². The predicted molar refractivity (Wildman–Crippen MR) is 123 cm³/mol. The zero-order valence-electron chi connectivity index (χ0n) is 17.1. The second-order valence-corrected chi connectivity index (χ2v) is 7.93. The Morgan fingerprint density at radius 2 is 1.61 bits per heavy atom. The molecule has 33 heavy (non-hydrogen) atoms. The van der Waals surface area contributed by atoms with E-state index in [9.17, 15) is 18.0 Å². The van der Waals surface area contributed by atoms with Gasteiger partial charge in [0.1, 0.15) is 11.5 Å². The SMILES string of the molecule is COc1cc(-c2ccc(OC(F)(F)F)cc2)ccc1C(CCl)NC(=O)c1c(Cl)cccc1Cl. The molecule has 0 spiro atoms. The number of hydrogen-bond acceptors (Lipinski definition) is 3. The summed E-state index contributed by atoms with van der Waals surface area (Å²) in [6.45, 7) is 0. The third kappa shape index (κ3) is 6.25. The molecular formula is C23H17Cl3F3NO3. The van der Waals surface area contributed by atoms with E-state index in [1.54, 1.807) is 36.4 Å². The van der Waals surface area contributed by atoms with Crippen molar-refractivity contribution in [2.24, 2.45) is 0 Å². The molecule has 4 nitrogen and oxygen atoms in total. The standard InChI is InChI=1S/C23H17Cl3F3NO3/c1-32-20-11-14(13-5-8-15(9-6-13)33-23(27,28)29)7-10-16(20)19(12-24)30-22(31)21-17(25)3-2-4-18(21)26/h2-11,19H,12H2,1H3,(H,30,31). The maximum atomic E-state index is 12.8.